The minimum absolute atomic E-state index is 0.264. The van der Waals surface area contributed by atoms with Crippen LogP contribution in [0.15, 0.2) is 24.3 Å². The van der Waals surface area contributed by atoms with Crippen LogP contribution in [0.5, 0.6) is 0 Å². The summed E-state index contributed by atoms with van der Waals surface area (Å²) in [6.07, 6.45) is 5.49. The molecule has 0 aromatic carbocycles. The molecule has 0 fully saturated rings. The molecule has 0 radical (unpaired) electrons. The fourth-order valence-electron chi connectivity index (χ4n) is 1.72. The van der Waals surface area contributed by atoms with Crippen LogP contribution in [0, 0.1) is 0 Å². The van der Waals surface area contributed by atoms with Crippen molar-refractivity contribution in [2.45, 2.75) is 31.9 Å². The molecule has 1 amide bonds. The summed E-state index contributed by atoms with van der Waals surface area (Å²) < 4.78 is 28.1. The number of allylic oxidation sites excluding steroid dienone is 2. The monoisotopic (exact) mass is 301 g/mol. The van der Waals surface area contributed by atoms with Gasteiger partial charge in [0.05, 0.1) is 11.3 Å². The number of carbonyl (C=O) groups excluding carboxylic acids is 2. The van der Waals surface area contributed by atoms with E-state index < -0.39 is 27.1 Å². The molecule has 0 aromatic heterocycles. The maximum atomic E-state index is 11.8. The maximum Gasteiger partial charge on any atom is 0.408 e. The second kappa shape index (κ2) is 5.40. The lowest BCUT2D eigenvalue weighted by Gasteiger charge is -2.30. The largest absolute Gasteiger partial charge is 0.444 e. The number of ketones is 1. The van der Waals surface area contributed by atoms with Crippen molar-refractivity contribution in [3.05, 3.63) is 24.3 Å². The van der Waals surface area contributed by atoms with Crippen molar-refractivity contribution in [1.29, 1.82) is 0 Å². The van der Waals surface area contributed by atoms with Crippen molar-refractivity contribution in [2.24, 2.45) is 0 Å². The van der Waals surface area contributed by atoms with Crippen LogP contribution in [0.3, 0.4) is 0 Å². The van der Waals surface area contributed by atoms with Crippen LogP contribution in [-0.4, -0.2) is 43.4 Å². The molecular formula is C13H19NO5S. The Morgan fingerprint density at radius 1 is 1.30 bits per heavy atom. The van der Waals surface area contributed by atoms with E-state index in [1.54, 1.807) is 20.8 Å². The molecule has 0 aromatic rings. The second-order valence-electron chi connectivity index (χ2n) is 5.81. The van der Waals surface area contributed by atoms with Crippen LogP contribution in [0.4, 0.5) is 4.79 Å². The Bertz CT molecular complexity index is 550. The summed E-state index contributed by atoms with van der Waals surface area (Å²) >= 11 is 0. The smallest absolute Gasteiger partial charge is 0.408 e. The minimum Gasteiger partial charge on any atom is -0.444 e. The Hall–Kier alpha value is -1.63. The van der Waals surface area contributed by atoms with Crippen LogP contribution in [0.2, 0.25) is 0 Å². The minimum atomic E-state index is -3.37. The average molecular weight is 301 g/mol. The summed E-state index contributed by atoms with van der Waals surface area (Å²) in [6, 6.07) is 0. The van der Waals surface area contributed by atoms with Gasteiger partial charge < -0.3 is 10.1 Å². The van der Waals surface area contributed by atoms with Crippen molar-refractivity contribution >= 4 is 21.7 Å². The van der Waals surface area contributed by atoms with Gasteiger partial charge in [-0.05, 0) is 32.9 Å². The summed E-state index contributed by atoms with van der Waals surface area (Å²) in [5.41, 5.74) is -1.96. The zero-order chi connectivity index (χ0) is 15.6. The lowest BCUT2D eigenvalue weighted by Crippen LogP contribution is -2.52. The van der Waals surface area contributed by atoms with Gasteiger partial charge in [0.15, 0.2) is 5.78 Å². The summed E-state index contributed by atoms with van der Waals surface area (Å²) in [5, 5.41) is 2.50. The first-order valence-electron chi connectivity index (χ1n) is 6.02. The predicted octanol–water partition coefficient (Wildman–Crippen LogP) is 0.990. The molecule has 112 valence electrons. The van der Waals surface area contributed by atoms with E-state index in [0.717, 1.165) is 6.26 Å². The number of nitrogens with one attached hydrogen (secondary N) is 1. The number of hydrogen-bond acceptors (Lipinski definition) is 5. The fourth-order valence-corrected chi connectivity index (χ4v) is 2.85. The van der Waals surface area contributed by atoms with Gasteiger partial charge in [-0.25, -0.2) is 13.2 Å². The van der Waals surface area contributed by atoms with Crippen LogP contribution in [0.25, 0.3) is 0 Å². The first-order valence-corrected chi connectivity index (χ1v) is 8.08. The molecule has 1 N–H and O–H groups in total. The molecule has 0 saturated heterocycles. The van der Waals surface area contributed by atoms with Crippen molar-refractivity contribution in [3.63, 3.8) is 0 Å². The molecule has 0 unspecified atom stereocenters. The number of hydrogen-bond donors (Lipinski definition) is 1. The Morgan fingerprint density at radius 2 is 1.80 bits per heavy atom. The number of sulfone groups is 1. The normalized spacial score (nSPS) is 17.9. The highest BCUT2D eigenvalue weighted by Gasteiger charge is 2.34. The van der Waals surface area contributed by atoms with Gasteiger partial charge in [0.25, 0.3) is 0 Å². The summed E-state index contributed by atoms with van der Waals surface area (Å²) in [6.45, 7) is 5.10. The Morgan fingerprint density at radius 3 is 2.20 bits per heavy atom. The van der Waals surface area contributed by atoms with Gasteiger partial charge in [0, 0.05) is 6.26 Å². The number of ether oxygens (including phenoxy) is 1. The molecule has 0 bridgehead atoms. The lowest BCUT2D eigenvalue weighted by atomic mass is 9.96. The number of alkyl carbamates (subject to hydrolysis) is 1. The molecular weight excluding hydrogens is 282 g/mol. The van der Waals surface area contributed by atoms with E-state index in [2.05, 4.69) is 5.32 Å². The molecule has 0 heterocycles. The lowest BCUT2D eigenvalue weighted by molar-refractivity contribution is -0.110. The standard InChI is InChI=1S/C13H19NO5S/c1-12(2,3)19-11(16)14-13(9-20(4,17)18)7-5-10(15)6-8-13/h5-8H,9H2,1-4H3,(H,14,16). The second-order valence-corrected chi connectivity index (χ2v) is 7.95. The summed E-state index contributed by atoms with van der Waals surface area (Å²) in [4.78, 5) is 23.0. The van der Waals surface area contributed by atoms with Gasteiger partial charge in [0.1, 0.15) is 15.4 Å². The molecule has 0 aliphatic heterocycles. The van der Waals surface area contributed by atoms with E-state index >= 15 is 0 Å². The molecule has 20 heavy (non-hydrogen) atoms. The molecule has 7 heteroatoms. The number of carbonyl (C=O) groups is 2. The highest BCUT2D eigenvalue weighted by molar-refractivity contribution is 7.90. The topological polar surface area (TPSA) is 89.5 Å². The van der Waals surface area contributed by atoms with Gasteiger partial charge in [-0.2, -0.15) is 0 Å². The Labute approximate surface area is 118 Å². The van der Waals surface area contributed by atoms with E-state index in [4.69, 9.17) is 4.74 Å². The van der Waals surface area contributed by atoms with Gasteiger partial charge in [0.2, 0.25) is 0 Å². The van der Waals surface area contributed by atoms with Crippen molar-refractivity contribution in [2.75, 3.05) is 12.0 Å². The van der Waals surface area contributed by atoms with Gasteiger partial charge >= 0.3 is 6.09 Å². The van der Waals surface area contributed by atoms with Crippen LogP contribution >= 0.6 is 0 Å². The van der Waals surface area contributed by atoms with Gasteiger partial charge in [-0.3, -0.25) is 4.79 Å². The third kappa shape index (κ3) is 5.56. The third-order valence-corrected chi connectivity index (χ3v) is 3.33. The van der Waals surface area contributed by atoms with Crippen molar-refractivity contribution in [3.8, 4) is 0 Å². The SMILES string of the molecule is CC(C)(C)OC(=O)NC1(CS(C)(=O)=O)C=CC(=O)C=C1. The first-order chi connectivity index (χ1) is 8.91. The molecule has 0 atom stereocenters. The van der Waals surface area contributed by atoms with E-state index in [1.807, 2.05) is 0 Å². The highest BCUT2D eigenvalue weighted by atomic mass is 32.2. The quantitative estimate of drug-likeness (QED) is 0.839. The van der Waals surface area contributed by atoms with E-state index in [1.165, 1.54) is 24.3 Å². The Balaban J connectivity index is 2.96. The molecule has 1 aliphatic rings. The third-order valence-electron chi connectivity index (χ3n) is 2.32. The summed E-state index contributed by atoms with van der Waals surface area (Å²) in [7, 11) is -3.37. The maximum absolute atomic E-state index is 11.8. The van der Waals surface area contributed by atoms with Crippen LogP contribution < -0.4 is 5.32 Å². The van der Waals surface area contributed by atoms with E-state index in [0.29, 0.717) is 0 Å². The fraction of sp³-hybridized carbons (Fsp3) is 0.538. The number of rotatable bonds is 3. The summed E-state index contributed by atoms with van der Waals surface area (Å²) in [5.74, 6) is -0.611. The molecule has 1 rings (SSSR count). The Kier molecular flexibility index (Phi) is 4.43. The first kappa shape index (κ1) is 16.4. The van der Waals surface area contributed by atoms with Crippen molar-refractivity contribution < 1.29 is 22.7 Å². The van der Waals surface area contributed by atoms with Gasteiger partial charge in [-0.15, -0.1) is 0 Å². The zero-order valence-corrected chi connectivity index (χ0v) is 12.8. The highest BCUT2D eigenvalue weighted by Crippen LogP contribution is 2.18. The van der Waals surface area contributed by atoms with E-state index in [9.17, 15) is 18.0 Å². The predicted molar refractivity (Wildman–Crippen MR) is 75.1 cm³/mol. The molecule has 0 saturated carbocycles. The zero-order valence-electron chi connectivity index (χ0n) is 12.0. The van der Waals surface area contributed by atoms with Crippen LogP contribution in [-0.2, 0) is 19.4 Å². The average Bonchev–Trinajstić information content (AvgIpc) is 2.17. The number of amides is 1. The molecule has 6 nitrogen and oxygen atoms in total. The molecule has 0 spiro atoms. The molecule has 1 aliphatic carbocycles. The van der Waals surface area contributed by atoms with Gasteiger partial charge in [-0.1, -0.05) is 12.2 Å². The van der Waals surface area contributed by atoms with Crippen LogP contribution in [0.1, 0.15) is 20.8 Å². The van der Waals surface area contributed by atoms with E-state index in [-0.39, 0.29) is 11.5 Å². The van der Waals surface area contributed by atoms with Crippen molar-refractivity contribution in [1.82, 2.24) is 5.32 Å².